The lowest BCUT2D eigenvalue weighted by Crippen LogP contribution is -2.03. The molecule has 0 amide bonds. The molecule has 0 aliphatic heterocycles. The Labute approximate surface area is 230 Å². The van der Waals surface area contributed by atoms with Crippen LogP contribution in [-0.4, -0.2) is 14.5 Å². The van der Waals surface area contributed by atoms with E-state index in [0.29, 0.717) is 5.95 Å². The van der Waals surface area contributed by atoms with Gasteiger partial charge in [0, 0.05) is 41.9 Å². The number of hydrogen-bond acceptors (Lipinski definition) is 3. The molecule has 3 nitrogen and oxygen atoms in total. The Morgan fingerprint density at radius 3 is 2.31 bits per heavy atom. The summed E-state index contributed by atoms with van der Waals surface area (Å²) in [5.41, 5.74) is 9.05. The van der Waals surface area contributed by atoms with Crippen molar-refractivity contribution in [1.29, 1.82) is 0 Å². The molecule has 8 rings (SSSR count). The van der Waals surface area contributed by atoms with Gasteiger partial charge in [-0.05, 0) is 62.7 Å². The molecule has 0 unspecified atom stereocenters. The highest BCUT2D eigenvalue weighted by Crippen LogP contribution is 2.44. The summed E-state index contributed by atoms with van der Waals surface area (Å²) in [7, 11) is 0. The average molecular weight is 520 g/mol. The Bertz CT molecular complexity index is 2270. The maximum Gasteiger partial charge on any atom is 0.235 e. The maximum absolute atomic E-state index is 5.28. The number of thiophene rings is 1. The molecule has 3 aromatic heterocycles. The van der Waals surface area contributed by atoms with Gasteiger partial charge in [0.2, 0.25) is 5.95 Å². The number of hydrogen-bond donors (Lipinski definition) is 0. The largest absolute Gasteiger partial charge is 0.278 e. The number of benzene rings is 5. The molecule has 0 radical (unpaired) electrons. The lowest BCUT2D eigenvalue weighted by molar-refractivity contribution is 1.01. The van der Waals surface area contributed by atoms with Gasteiger partial charge in [-0.1, -0.05) is 71.8 Å². The number of aryl methyl sites for hydroxylation is 3. The first-order chi connectivity index (χ1) is 19.1. The Hall–Kier alpha value is -4.54. The van der Waals surface area contributed by atoms with Crippen LogP contribution in [0.1, 0.15) is 16.7 Å². The average Bonchev–Trinajstić information content (AvgIpc) is 3.48. The first-order valence-electron chi connectivity index (χ1n) is 13.3. The topological polar surface area (TPSA) is 30.7 Å². The van der Waals surface area contributed by atoms with Crippen LogP contribution in [0.3, 0.4) is 0 Å². The summed E-state index contributed by atoms with van der Waals surface area (Å²) in [5, 5.41) is 6.22. The summed E-state index contributed by atoms with van der Waals surface area (Å²) in [6, 6.07) is 34.8. The number of nitrogens with zero attached hydrogens (tertiary/aromatic N) is 3. The Morgan fingerprint density at radius 2 is 1.41 bits per heavy atom. The van der Waals surface area contributed by atoms with Crippen LogP contribution in [0.4, 0.5) is 0 Å². The lowest BCUT2D eigenvalue weighted by Gasteiger charge is -2.12. The SMILES string of the molecule is Cc1cccc(-c2nc(-n3c4ccc(C)cc4c4c5c(ccc43)sc3c(C)cccc35)nc3ccccc23)c1. The Morgan fingerprint density at radius 1 is 0.615 bits per heavy atom. The molecule has 0 aliphatic rings. The fourth-order valence-corrected chi connectivity index (χ4v) is 7.23. The summed E-state index contributed by atoms with van der Waals surface area (Å²) < 4.78 is 4.93. The third-order valence-corrected chi connectivity index (χ3v) is 9.13. The normalized spacial score (nSPS) is 12.0. The third-order valence-electron chi connectivity index (χ3n) is 7.82. The van der Waals surface area contributed by atoms with Gasteiger partial charge >= 0.3 is 0 Å². The van der Waals surface area contributed by atoms with Crippen molar-refractivity contribution < 1.29 is 0 Å². The van der Waals surface area contributed by atoms with Gasteiger partial charge < -0.3 is 0 Å². The van der Waals surface area contributed by atoms with E-state index in [-0.39, 0.29) is 0 Å². The van der Waals surface area contributed by atoms with E-state index >= 15 is 0 Å². The van der Waals surface area contributed by atoms with E-state index in [1.807, 2.05) is 11.3 Å². The molecule has 5 aromatic carbocycles. The molecule has 8 aromatic rings. The molecule has 0 spiro atoms. The van der Waals surface area contributed by atoms with Crippen molar-refractivity contribution in [2.75, 3.05) is 0 Å². The quantitative estimate of drug-likeness (QED) is 0.228. The van der Waals surface area contributed by atoms with Crippen molar-refractivity contribution in [2.45, 2.75) is 20.8 Å². The molecule has 186 valence electrons. The van der Waals surface area contributed by atoms with Gasteiger partial charge in [-0.3, -0.25) is 4.57 Å². The second kappa shape index (κ2) is 8.23. The van der Waals surface area contributed by atoms with E-state index in [4.69, 9.17) is 9.97 Å². The highest BCUT2D eigenvalue weighted by Gasteiger charge is 2.21. The van der Waals surface area contributed by atoms with Crippen LogP contribution in [0.15, 0.2) is 97.1 Å². The van der Waals surface area contributed by atoms with Gasteiger partial charge in [-0.25, -0.2) is 9.97 Å². The zero-order chi connectivity index (χ0) is 26.2. The monoisotopic (exact) mass is 519 g/mol. The zero-order valence-corrected chi connectivity index (χ0v) is 22.8. The number of para-hydroxylation sites is 1. The molecular weight excluding hydrogens is 494 g/mol. The second-order valence-electron chi connectivity index (χ2n) is 10.5. The number of rotatable bonds is 2. The molecule has 3 heterocycles. The zero-order valence-electron chi connectivity index (χ0n) is 22.0. The summed E-state index contributed by atoms with van der Waals surface area (Å²) in [6.45, 7) is 6.50. The third kappa shape index (κ3) is 3.28. The van der Waals surface area contributed by atoms with Crippen molar-refractivity contribution in [3.05, 3.63) is 114 Å². The second-order valence-corrected chi connectivity index (χ2v) is 11.6. The highest BCUT2D eigenvalue weighted by atomic mass is 32.1. The number of aromatic nitrogens is 3. The van der Waals surface area contributed by atoms with Crippen LogP contribution in [-0.2, 0) is 0 Å². The van der Waals surface area contributed by atoms with Crippen LogP contribution < -0.4 is 0 Å². The fourth-order valence-electron chi connectivity index (χ4n) is 6.05. The standard InChI is InChI=1S/C35H25N3S/c1-20-8-6-10-23(18-20)33-24-11-4-5-13-27(24)36-35(37-33)38-28-15-14-21(2)19-26(28)31-29(38)16-17-30-32(31)25-12-7-9-22(3)34(25)39-30/h4-19H,1-3H3. The smallest absolute Gasteiger partial charge is 0.235 e. The van der Waals surface area contributed by atoms with Gasteiger partial charge in [0.05, 0.1) is 22.2 Å². The van der Waals surface area contributed by atoms with Crippen molar-refractivity contribution in [3.8, 4) is 17.2 Å². The van der Waals surface area contributed by atoms with E-state index in [1.165, 1.54) is 47.6 Å². The lowest BCUT2D eigenvalue weighted by atomic mass is 10.0. The van der Waals surface area contributed by atoms with E-state index in [0.717, 1.165) is 33.2 Å². The van der Waals surface area contributed by atoms with Gasteiger partial charge in [0.15, 0.2) is 0 Å². The van der Waals surface area contributed by atoms with E-state index in [2.05, 4.69) is 122 Å². The minimum atomic E-state index is 0.698. The summed E-state index contributed by atoms with van der Waals surface area (Å²) in [4.78, 5) is 10.4. The Balaban J connectivity index is 1.55. The summed E-state index contributed by atoms with van der Waals surface area (Å²) >= 11 is 1.88. The fraction of sp³-hybridized carbons (Fsp3) is 0.0857. The van der Waals surface area contributed by atoms with Crippen molar-refractivity contribution in [2.24, 2.45) is 0 Å². The van der Waals surface area contributed by atoms with Crippen molar-refractivity contribution in [3.63, 3.8) is 0 Å². The van der Waals surface area contributed by atoms with Gasteiger partial charge in [0.25, 0.3) is 0 Å². The number of fused-ring (bicyclic) bond motifs is 8. The van der Waals surface area contributed by atoms with Crippen LogP contribution in [0.25, 0.3) is 70.1 Å². The molecule has 0 N–H and O–H groups in total. The molecule has 0 aliphatic carbocycles. The van der Waals surface area contributed by atoms with Crippen LogP contribution in [0, 0.1) is 20.8 Å². The Kier molecular flexibility index (Phi) is 4.73. The molecule has 4 heteroatoms. The van der Waals surface area contributed by atoms with E-state index in [9.17, 15) is 0 Å². The molecule has 0 saturated heterocycles. The molecule has 0 atom stereocenters. The van der Waals surface area contributed by atoms with Crippen LogP contribution >= 0.6 is 11.3 Å². The first kappa shape index (κ1) is 22.4. The molecule has 39 heavy (non-hydrogen) atoms. The molecule has 0 bridgehead atoms. The predicted octanol–water partition coefficient (Wildman–Crippen LogP) is 9.69. The van der Waals surface area contributed by atoms with Crippen LogP contribution in [0.5, 0.6) is 0 Å². The summed E-state index contributed by atoms with van der Waals surface area (Å²) in [6.07, 6.45) is 0. The van der Waals surface area contributed by atoms with E-state index in [1.54, 1.807) is 0 Å². The first-order valence-corrected chi connectivity index (χ1v) is 14.1. The van der Waals surface area contributed by atoms with Gasteiger partial charge in [-0.2, -0.15) is 0 Å². The minimum absolute atomic E-state index is 0.698. The highest BCUT2D eigenvalue weighted by molar-refractivity contribution is 7.26. The molecular formula is C35H25N3S. The van der Waals surface area contributed by atoms with Crippen molar-refractivity contribution >= 4 is 64.2 Å². The summed E-state index contributed by atoms with van der Waals surface area (Å²) in [5.74, 6) is 0.698. The van der Waals surface area contributed by atoms with Gasteiger partial charge in [-0.15, -0.1) is 11.3 Å². The predicted molar refractivity (Wildman–Crippen MR) is 166 cm³/mol. The van der Waals surface area contributed by atoms with Crippen LogP contribution in [0.2, 0.25) is 0 Å². The minimum Gasteiger partial charge on any atom is -0.278 e. The molecule has 0 saturated carbocycles. The van der Waals surface area contributed by atoms with Gasteiger partial charge in [0.1, 0.15) is 0 Å². The van der Waals surface area contributed by atoms with Crippen molar-refractivity contribution in [1.82, 2.24) is 14.5 Å². The molecule has 0 fully saturated rings. The maximum atomic E-state index is 5.28. The van der Waals surface area contributed by atoms with E-state index < -0.39 is 0 Å².